The van der Waals surface area contributed by atoms with Crippen LogP contribution in [0.15, 0.2) is 65.5 Å². The third-order valence-electron chi connectivity index (χ3n) is 3.68. The summed E-state index contributed by atoms with van der Waals surface area (Å²) in [5.41, 5.74) is 1.31. The molecular formula is C18H18N4O3. The number of nitrogens with one attached hydrogen (secondary N) is 3. The number of H-pyrrole nitrogens is 1. The second-order valence-electron chi connectivity index (χ2n) is 5.49. The van der Waals surface area contributed by atoms with E-state index < -0.39 is 11.7 Å². The molecule has 3 rings (SSSR count). The number of urea groups is 1. The summed E-state index contributed by atoms with van der Waals surface area (Å²) in [6, 6.07) is 18.2. The Labute approximate surface area is 143 Å². The van der Waals surface area contributed by atoms with Gasteiger partial charge >= 0.3 is 11.7 Å². The summed E-state index contributed by atoms with van der Waals surface area (Å²) in [6.07, 6.45) is 0. The zero-order valence-electron chi connectivity index (χ0n) is 13.4. The molecule has 7 nitrogen and oxygen atoms in total. The van der Waals surface area contributed by atoms with Crippen LogP contribution in [0.3, 0.4) is 0 Å². The van der Waals surface area contributed by atoms with E-state index in [1.807, 2.05) is 60.7 Å². The monoisotopic (exact) mass is 338 g/mol. The molecule has 0 unspecified atom stereocenters. The van der Waals surface area contributed by atoms with Crippen LogP contribution in [-0.2, 0) is 13.1 Å². The van der Waals surface area contributed by atoms with Crippen LogP contribution in [0.25, 0.3) is 0 Å². The fourth-order valence-electron chi connectivity index (χ4n) is 2.43. The van der Waals surface area contributed by atoms with Crippen LogP contribution in [0.5, 0.6) is 5.88 Å². The molecule has 0 saturated carbocycles. The van der Waals surface area contributed by atoms with Gasteiger partial charge in [0.15, 0.2) is 5.82 Å². The fraction of sp³-hybridized carbons (Fsp3) is 0.111. The van der Waals surface area contributed by atoms with Gasteiger partial charge in [-0.05, 0) is 11.1 Å². The second-order valence-corrected chi connectivity index (χ2v) is 5.49. The Morgan fingerprint density at radius 1 is 1.00 bits per heavy atom. The molecule has 0 bridgehead atoms. The van der Waals surface area contributed by atoms with E-state index >= 15 is 0 Å². The number of aromatic amines is 1. The van der Waals surface area contributed by atoms with Crippen LogP contribution in [0.2, 0.25) is 0 Å². The predicted octanol–water partition coefficient (Wildman–Crippen LogP) is 2.25. The third kappa shape index (κ3) is 4.08. The molecule has 7 heteroatoms. The Hall–Kier alpha value is -3.48. The van der Waals surface area contributed by atoms with Crippen molar-refractivity contribution in [3.05, 3.63) is 82.3 Å². The number of aromatic hydroxyl groups is 1. The summed E-state index contributed by atoms with van der Waals surface area (Å²) in [5, 5.41) is 15.1. The number of rotatable bonds is 5. The van der Waals surface area contributed by atoms with Crippen LogP contribution in [0.1, 0.15) is 11.1 Å². The van der Waals surface area contributed by atoms with Gasteiger partial charge in [0.2, 0.25) is 5.88 Å². The molecule has 3 aromatic rings. The zero-order chi connectivity index (χ0) is 17.6. The average molecular weight is 338 g/mol. The molecule has 1 heterocycles. The Bertz CT molecular complexity index is 901. The zero-order valence-corrected chi connectivity index (χ0v) is 13.4. The van der Waals surface area contributed by atoms with Crippen molar-refractivity contribution in [2.75, 3.05) is 5.32 Å². The molecule has 0 spiro atoms. The SMILES string of the molecule is O=C(NCc1ccccc1)Nc1c(O)[nH]c(=O)n1Cc1ccccc1. The van der Waals surface area contributed by atoms with E-state index in [4.69, 9.17) is 0 Å². The lowest BCUT2D eigenvalue weighted by molar-refractivity contribution is 0.251. The molecule has 0 saturated heterocycles. The van der Waals surface area contributed by atoms with E-state index in [-0.39, 0.29) is 18.2 Å². The van der Waals surface area contributed by atoms with Gasteiger partial charge in [-0.2, -0.15) is 0 Å². The van der Waals surface area contributed by atoms with Crippen molar-refractivity contribution in [1.29, 1.82) is 0 Å². The number of hydrogen-bond donors (Lipinski definition) is 4. The molecule has 4 N–H and O–H groups in total. The van der Waals surface area contributed by atoms with Crippen LogP contribution in [-0.4, -0.2) is 20.7 Å². The Balaban J connectivity index is 1.71. The van der Waals surface area contributed by atoms with Crippen molar-refractivity contribution in [3.8, 4) is 5.88 Å². The summed E-state index contributed by atoms with van der Waals surface area (Å²) in [5.74, 6) is -0.352. The minimum atomic E-state index is -0.514. The maximum Gasteiger partial charge on any atom is 0.330 e. The lowest BCUT2D eigenvalue weighted by Gasteiger charge is -2.10. The Kier molecular flexibility index (Phi) is 4.84. The largest absolute Gasteiger partial charge is 0.492 e. The van der Waals surface area contributed by atoms with E-state index in [1.165, 1.54) is 4.57 Å². The number of aromatic nitrogens is 2. The van der Waals surface area contributed by atoms with E-state index in [0.29, 0.717) is 6.54 Å². The molecule has 2 aromatic carbocycles. The van der Waals surface area contributed by atoms with Gasteiger partial charge in [0, 0.05) is 6.54 Å². The molecule has 0 aliphatic heterocycles. The molecule has 0 radical (unpaired) electrons. The van der Waals surface area contributed by atoms with Crippen molar-refractivity contribution in [1.82, 2.24) is 14.9 Å². The molecule has 0 aliphatic rings. The lowest BCUT2D eigenvalue weighted by atomic mass is 10.2. The molecule has 2 amide bonds. The number of amides is 2. The number of carbonyl (C=O) groups excluding carboxylic acids is 1. The topological polar surface area (TPSA) is 99.2 Å². The summed E-state index contributed by atoms with van der Waals surface area (Å²) in [7, 11) is 0. The number of imidazole rings is 1. The molecular weight excluding hydrogens is 320 g/mol. The van der Waals surface area contributed by atoms with Gasteiger partial charge in [-0.25, -0.2) is 9.59 Å². The van der Waals surface area contributed by atoms with E-state index in [0.717, 1.165) is 11.1 Å². The Morgan fingerprint density at radius 2 is 1.60 bits per heavy atom. The van der Waals surface area contributed by atoms with Gasteiger partial charge in [-0.15, -0.1) is 0 Å². The lowest BCUT2D eigenvalue weighted by Crippen LogP contribution is -2.30. The highest BCUT2D eigenvalue weighted by atomic mass is 16.3. The summed E-state index contributed by atoms with van der Waals surface area (Å²) in [6.45, 7) is 0.561. The van der Waals surface area contributed by atoms with Gasteiger partial charge in [0.05, 0.1) is 6.54 Å². The predicted molar refractivity (Wildman–Crippen MR) is 94.6 cm³/mol. The first kappa shape index (κ1) is 16.4. The summed E-state index contributed by atoms with van der Waals surface area (Å²) >= 11 is 0. The van der Waals surface area contributed by atoms with Crippen molar-refractivity contribution in [3.63, 3.8) is 0 Å². The molecule has 0 atom stereocenters. The van der Waals surface area contributed by atoms with Gasteiger partial charge in [0.25, 0.3) is 0 Å². The van der Waals surface area contributed by atoms with Crippen LogP contribution >= 0.6 is 0 Å². The van der Waals surface area contributed by atoms with Crippen LogP contribution < -0.4 is 16.3 Å². The highest BCUT2D eigenvalue weighted by Crippen LogP contribution is 2.19. The first-order valence-electron chi connectivity index (χ1n) is 7.78. The van der Waals surface area contributed by atoms with E-state index in [9.17, 15) is 14.7 Å². The van der Waals surface area contributed by atoms with Crippen molar-refractivity contribution >= 4 is 11.8 Å². The maximum absolute atomic E-state index is 12.1. The second kappa shape index (κ2) is 7.39. The summed E-state index contributed by atoms with van der Waals surface area (Å²) in [4.78, 5) is 26.4. The van der Waals surface area contributed by atoms with Gasteiger partial charge in [-0.1, -0.05) is 60.7 Å². The maximum atomic E-state index is 12.1. The smallest absolute Gasteiger partial charge is 0.330 e. The standard InChI is InChI=1S/C18H18N4O3/c23-16-15(20-17(24)19-11-13-7-3-1-4-8-13)22(18(25)21-16)12-14-9-5-2-6-10-14/h1-10,23H,11-12H2,(H,21,25)(H2,19,20,24). The quantitative estimate of drug-likeness (QED) is 0.574. The highest BCUT2D eigenvalue weighted by Gasteiger charge is 2.16. The first-order valence-corrected chi connectivity index (χ1v) is 7.78. The van der Waals surface area contributed by atoms with Gasteiger partial charge in [-0.3, -0.25) is 14.9 Å². The van der Waals surface area contributed by atoms with Crippen molar-refractivity contribution in [2.24, 2.45) is 0 Å². The average Bonchev–Trinajstić information content (AvgIpc) is 2.89. The number of nitrogens with zero attached hydrogens (tertiary/aromatic N) is 1. The minimum Gasteiger partial charge on any atom is -0.492 e. The van der Waals surface area contributed by atoms with Crippen LogP contribution in [0, 0.1) is 0 Å². The van der Waals surface area contributed by atoms with E-state index in [1.54, 1.807) is 0 Å². The summed E-state index contributed by atoms with van der Waals surface area (Å²) < 4.78 is 1.27. The Morgan fingerprint density at radius 3 is 2.24 bits per heavy atom. The normalized spacial score (nSPS) is 10.4. The number of anilines is 1. The number of carbonyl (C=O) groups is 1. The van der Waals surface area contributed by atoms with Crippen molar-refractivity contribution < 1.29 is 9.90 Å². The van der Waals surface area contributed by atoms with Crippen LogP contribution in [0.4, 0.5) is 10.6 Å². The third-order valence-corrected chi connectivity index (χ3v) is 3.68. The fourth-order valence-corrected chi connectivity index (χ4v) is 2.43. The van der Waals surface area contributed by atoms with Gasteiger partial charge < -0.3 is 10.4 Å². The van der Waals surface area contributed by atoms with Gasteiger partial charge in [0.1, 0.15) is 0 Å². The molecule has 0 fully saturated rings. The number of hydrogen-bond acceptors (Lipinski definition) is 3. The minimum absolute atomic E-state index is 0.0272. The molecule has 25 heavy (non-hydrogen) atoms. The van der Waals surface area contributed by atoms with Crippen molar-refractivity contribution in [2.45, 2.75) is 13.1 Å². The van der Waals surface area contributed by atoms with E-state index in [2.05, 4.69) is 15.6 Å². The first-order chi connectivity index (χ1) is 12.1. The highest BCUT2D eigenvalue weighted by molar-refractivity contribution is 5.89. The molecule has 1 aromatic heterocycles. The molecule has 128 valence electrons. The number of benzene rings is 2. The molecule has 0 aliphatic carbocycles.